The van der Waals surface area contributed by atoms with Gasteiger partial charge < -0.3 is 10.9 Å². The minimum Gasteiger partial charge on any atom is -0.409 e. The van der Waals surface area contributed by atoms with Gasteiger partial charge in [-0.05, 0) is 26.5 Å². The van der Waals surface area contributed by atoms with Gasteiger partial charge in [0.1, 0.15) is 5.84 Å². The second-order valence-electron chi connectivity index (χ2n) is 5.17. The number of aromatic nitrogens is 2. The lowest BCUT2D eigenvalue weighted by Crippen LogP contribution is -2.32. The van der Waals surface area contributed by atoms with Crippen LogP contribution in [0.25, 0.3) is 0 Å². The molecule has 1 aromatic rings. The van der Waals surface area contributed by atoms with Crippen molar-refractivity contribution in [3.63, 3.8) is 0 Å². The van der Waals surface area contributed by atoms with Crippen LogP contribution in [0.1, 0.15) is 38.9 Å². The van der Waals surface area contributed by atoms with Gasteiger partial charge >= 0.3 is 0 Å². The molecule has 2 atom stereocenters. The van der Waals surface area contributed by atoms with Crippen molar-refractivity contribution in [2.45, 2.75) is 39.8 Å². The van der Waals surface area contributed by atoms with E-state index in [2.05, 4.69) is 29.0 Å². The smallest absolute Gasteiger partial charge is 0.143 e. The highest BCUT2D eigenvalue weighted by atomic mass is 16.4. The number of hydrogen-bond acceptors (Lipinski definition) is 4. The van der Waals surface area contributed by atoms with Gasteiger partial charge in [0.25, 0.3) is 0 Å². The highest BCUT2D eigenvalue weighted by Crippen LogP contribution is 2.10. The molecular formula is C13H25N5O. The van der Waals surface area contributed by atoms with Crippen molar-refractivity contribution in [1.29, 1.82) is 0 Å². The first-order chi connectivity index (χ1) is 8.97. The number of nitrogens with zero attached hydrogens (tertiary/aromatic N) is 4. The van der Waals surface area contributed by atoms with Crippen LogP contribution in [0, 0.1) is 5.92 Å². The lowest BCUT2D eigenvalue weighted by Gasteiger charge is -2.19. The zero-order chi connectivity index (χ0) is 14.4. The van der Waals surface area contributed by atoms with Gasteiger partial charge in [0, 0.05) is 31.2 Å². The van der Waals surface area contributed by atoms with Gasteiger partial charge in [-0.2, -0.15) is 5.10 Å². The fraction of sp³-hybridized carbons (Fsp3) is 0.692. The Hall–Kier alpha value is -1.56. The summed E-state index contributed by atoms with van der Waals surface area (Å²) in [6.45, 7) is 7.72. The van der Waals surface area contributed by atoms with Crippen LogP contribution in [-0.2, 0) is 6.54 Å². The first-order valence-corrected chi connectivity index (χ1v) is 6.67. The zero-order valence-electron chi connectivity index (χ0n) is 12.2. The number of oxime groups is 1. The van der Waals surface area contributed by atoms with Crippen LogP contribution in [0.15, 0.2) is 17.4 Å². The number of nitrogens with two attached hydrogens (primary N) is 1. The summed E-state index contributed by atoms with van der Waals surface area (Å²) in [6, 6.07) is 2.46. The lowest BCUT2D eigenvalue weighted by atomic mass is 10.1. The molecule has 0 amide bonds. The van der Waals surface area contributed by atoms with Crippen molar-refractivity contribution in [1.82, 2.24) is 14.7 Å². The van der Waals surface area contributed by atoms with Crippen LogP contribution in [0.5, 0.6) is 0 Å². The summed E-state index contributed by atoms with van der Waals surface area (Å²) >= 11 is 0. The summed E-state index contributed by atoms with van der Waals surface area (Å²) in [6.07, 6.45) is 3.09. The molecule has 0 spiro atoms. The third kappa shape index (κ3) is 4.55. The van der Waals surface area contributed by atoms with E-state index >= 15 is 0 Å². The number of hydrogen-bond donors (Lipinski definition) is 2. The molecule has 6 nitrogen and oxygen atoms in total. The van der Waals surface area contributed by atoms with Crippen LogP contribution in [0.3, 0.4) is 0 Å². The first-order valence-electron chi connectivity index (χ1n) is 6.67. The van der Waals surface area contributed by atoms with E-state index in [1.54, 1.807) is 0 Å². The third-order valence-corrected chi connectivity index (χ3v) is 3.34. The Morgan fingerprint density at radius 1 is 1.58 bits per heavy atom. The predicted octanol–water partition coefficient (Wildman–Crippen LogP) is 1.67. The number of rotatable bonds is 7. The Bertz CT molecular complexity index is 415. The van der Waals surface area contributed by atoms with E-state index < -0.39 is 0 Å². The standard InChI is InChI=1S/C13H25N5O/c1-5-11(3)18-7-6-12(15-18)9-17(4)8-10(2)13(14)16-19/h6-7,10-11,19H,5,8-9H2,1-4H3,(H2,14,16). The average Bonchev–Trinajstić information content (AvgIpc) is 2.84. The lowest BCUT2D eigenvalue weighted by molar-refractivity contribution is 0.287. The second-order valence-corrected chi connectivity index (χ2v) is 5.17. The van der Waals surface area contributed by atoms with Gasteiger partial charge in [0.2, 0.25) is 0 Å². The Balaban J connectivity index is 2.53. The van der Waals surface area contributed by atoms with E-state index in [0.29, 0.717) is 6.04 Å². The van der Waals surface area contributed by atoms with Gasteiger partial charge in [-0.25, -0.2) is 0 Å². The van der Waals surface area contributed by atoms with Crippen molar-refractivity contribution in [3.8, 4) is 0 Å². The molecule has 1 rings (SSSR count). The minimum absolute atomic E-state index is 0.0200. The van der Waals surface area contributed by atoms with Crippen molar-refractivity contribution in [2.75, 3.05) is 13.6 Å². The van der Waals surface area contributed by atoms with E-state index in [1.807, 2.05) is 30.9 Å². The minimum atomic E-state index is 0.0200. The highest BCUT2D eigenvalue weighted by Gasteiger charge is 2.12. The van der Waals surface area contributed by atoms with E-state index in [1.165, 1.54) is 0 Å². The summed E-state index contributed by atoms with van der Waals surface area (Å²) in [4.78, 5) is 2.12. The topological polar surface area (TPSA) is 79.7 Å². The molecule has 6 heteroatoms. The van der Waals surface area contributed by atoms with Crippen LogP contribution in [0.2, 0.25) is 0 Å². The molecule has 3 N–H and O–H groups in total. The molecular weight excluding hydrogens is 242 g/mol. The van der Waals surface area contributed by atoms with Crippen molar-refractivity contribution < 1.29 is 5.21 Å². The molecule has 1 heterocycles. The summed E-state index contributed by atoms with van der Waals surface area (Å²) < 4.78 is 2.00. The van der Waals surface area contributed by atoms with E-state index in [4.69, 9.17) is 10.9 Å². The number of amidine groups is 1. The summed E-state index contributed by atoms with van der Waals surface area (Å²) in [5.74, 6) is 0.281. The zero-order valence-corrected chi connectivity index (χ0v) is 12.2. The summed E-state index contributed by atoms with van der Waals surface area (Å²) in [5, 5.41) is 16.2. The average molecular weight is 267 g/mol. The third-order valence-electron chi connectivity index (χ3n) is 3.34. The Kier molecular flexibility index (Phi) is 5.82. The van der Waals surface area contributed by atoms with Crippen LogP contribution in [-0.4, -0.2) is 39.3 Å². The summed E-state index contributed by atoms with van der Waals surface area (Å²) in [5.41, 5.74) is 6.61. The van der Waals surface area contributed by atoms with Crippen LogP contribution < -0.4 is 5.73 Å². The molecule has 0 aromatic carbocycles. The van der Waals surface area contributed by atoms with Gasteiger partial charge in [-0.3, -0.25) is 9.58 Å². The largest absolute Gasteiger partial charge is 0.409 e. The monoisotopic (exact) mass is 267 g/mol. The molecule has 0 aliphatic carbocycles. The SMILES string of the molecule is CCC(C)n1ccc(CN(C)CC(C)C(N)=NO)n1. The second kappa shape index (κ2) is 7.13. The Labute approximate surface area is 114 Å². The molecule has 0 saturated carbocycles. The molecule has 1 aromatic heterocycles. The molecule has 0 bridgehead atoms. The molecule has 0 aliphatic heterocycles. The van der Waals surface area contributed by atoms with E-state index in [0.717, 1.165) is 25.2 Å². The molecule has 2 unspecified atom stereocenters. The normalized spacial score (nSPS) is 15.7. The maximum Gasteiger partial charge on any atom is 0.143 e. The molecule has 108 valence electrons. The molecule has 0 saturated heterocycles. The van der Waals surface area contributed by atoms with Crippen molar-refractivity contribution in [2.24, 2.45) is 16.8 Å². The van der Waals surface area contributed by atoms with Crippen LogP contribution >= 0.6 is 0 Å². The molecule has 0 aliphatic rings. The summed E-state index contributed by atoms with van der Waals surface area (Å²) in [7, 11) is 2.00. The molecule has 0 radical (unpaired) electrons. The maximum atomic E-state index is 8.63. The Morgan fingerprint density at radius 2 is 2.26 bits per heavy atom. The fourth-order valence-corrected chi connectivity index (χ4v) is 1.89. The first kappa shape index (κ1) is 15.5. The van der Waals surface area contributed by atoms with Gasteiger partial charge in [0.15, 0.2) is 0 Å². The predicted molar refractivity (Wildman–Crippen MR) is 76.1 cm³/mol. The van der Waals surface area contributed by atoms with Gasteiger partial charge in [-0.15, -0.1) is 0 Å². The van der Waals surface area contributed by atoms with E-state index in [9.17, 15) is 0 Å². The van der Waals surface area contributed by atoms with Gasteiger partial charge in [-0.1, -0.05) is 19.0 Å². The van der Waals surface area contributed by atoms with Crippen molar-refractivity contribution in [3.05, 3.63) is 18.0 Å². The Morgan fingerprint density at radius 3 is 2.84 bits per heavy atom. The van der Waals surface area contributed by atoms with Gasteiger partial charge in [0.05, 0.1) is 5.69 Å². The highest BCUT2D eigenvalue weighted by molar-refractivity contribution is 5.82. The maximum absolute atomic E-state index is 8.63. The van der Waals surface area contributed by atoms with Crippen LogP contribution in [0.4, 0.5) is 0 Å². The quantitative estimate of drug-likeness (QED) is 0.341. The fourth-order valence-electron chi connectivity index (χ4n) is 1.89. The molecule has 19 heavy (non-hydrogen) atoms. The van der Waals surface area contributed by atoms with Crippen molar-refractivity contribution >= 4 is 5.84 Å². The molecule has 0 fully saturated rings. The van der Waals surface area contributed by atoms with E-state index in [-0.39, 0.29) is 11.8 Å².